The van der Waals surface area contributed by atoms with Crippen molar-refractivity contribution >= 4 is 17.6 Å². The van der Waals surface area contributed by atoms with E-state index in [9.17, 15) is 0 Å². The minimum Gasteiger partial charge on any atom is -0.402 e. The Kier molecular flexibility index (Phi) is 4.05. The maximum Gasteiger partial charge on any atom is 0.246 e. The van der Waals surface area contributed by atoms with Crippen LogP contribution in [0.25, 0.3) is 0 Å². The van der Waals surface area contributed by atoms with E-state index in [2.05, 4.69) is 9.73 Å². The third-order valence-electron chi connectivity index (χ3n) is 2.33. The summed E-state index contributed by atoms with van der Waals surface area (Å²) in [5.74, 6) is 1.31. The van der Waals surface area contributed by atoms with E-state index in [1.54, 1.807) is 17.8 Å². The summed E-state index contributed by atoms with van der Waals surface area (Å²) >= 11 is 1.65. The van der Waals surface area contributed by atoms with Gasteiger partial charge in [0, 0.05) is 6.20 Å². The molecule has 2 rings (SSSR count). The van der Waals surface area contributed by atoms with Crippen LogP contribution in [-0.4, -0.2) is 58.1 Å². The number of aliphatic imine (C=N–C) groups is 1. The molecular weight excluding hydrogens is 230 g/mol. The van der Waals surface area contributed by atoms with Crippen LogP contribution in [0.2, 0.25) is 0 Å². The summed E-state index contributed by atoms with van der Waals surface area (Å²) in [4.78, 5) is 5.92. The summed E-state index contributed by atoms with van der Waals surface area (Å²) < 4.78 is 9.77. The molecule has 0 saturated carbocycles. The lowest BCUT2D eigenvalue weighted by atomic mass is 10.5. The van der Waals surface area contributed by atoms with Crippen molar-refractivity contribution in [3.05, 3.63) is 12.3 Å². The zero-order valence-corrected chi connectivity index (χ0v) is 9.64. The minimum atomic E-state index is -0.0187. The molecule has 2 aliphatic rings. The van der Waals surface area contributed by atoms with Gasteiger partial charge in [-0.3, -0.25) is 4.90 Å². The van der Waals surface area contributed by atoms with E-state index >= 15 is 0 Å². The molecule has 2 atom stereocenters. The fourth-order valence-electron chi connectivity index (χ4n) is 1.48. The van der Waals surface area contributed by atoms with Gasteiger partial charge in [0.1, 0.15) is 25.9 Å². The quantitative estimate of drug-likeness (QED) is 0.612. The fourth-order valence-corrected chi connectivity index (χ4v) is 2.48. The number of hydrogen-bond donors (Lipinski definition) is 2. The second kappa shape index (κ2) is 5.53. The van der Waals surface area contributed by atoms with Gasteiger partial charge >= 0.3 is 0 Å². The van der Waals surface area contributed by atoms with Crippen LogP contribution in [0.1, 0.15) is 0 Å². The number of hydrogen-bond acceptors (Lipinski definition) is 6. The van der Waals surface area contributed by atoms with Crippen LogP contribution in [0.3, 0.4) is 0 Å². The molecule has 0 aromatic heterocycles. The van der Waals surface area contributed by atoms with E-state index in [0.717, 1.165) is 5.75 Å². The van der Waals surface area contributed by atoms with Gasteiger partial charge in [-0.1, -0.05) is 11.8 Å². The Balaban J connectivity index is 1.96. The number of rotatable bonds is 2. The normalized spacial score (nSPS) is 31.1. The van der Waals surface area contributed by atoms with E-state index in [0.29, 0.717) is 12.6 Å². The lowest BCUT2D eigenvalue weighted by Crippen LogP contribution is -2.38. The van der Waals surface area contributed by atoms with E-state index in [1.807, 2.05) is 11.1 Å². The molecule has 0 aromatic rings. The van der Waals surface area contributed by atoms with Gasteiger partial charge in [0.05, 0.1) is 5.75 Å². The molecule has 2 aliphatic heterocycles. The number of nitrogens with zero attached hydrogens (tertiary/aromatic N) is 2. The smallest absolute Gasteiger partial charge is 0.246 e. The average Bonchev–Trinajstić information content (AvgIpc) is 2.73. The molecule has 0 aromatic carbocycles. The molecule has 2 heterocycles. The van der Waals surface area contributed by atoms with Crippen molar-refractivity contribution in [2.45, 2.75) is 11.7 Å². The Morgan fingerprint density at radius 2 is 2.62 bits per heavy atom. The SMILES string of the molecule is NC1=NCOCN([C@@H]2CS[C@H](CO)[OH+]2)C=C1. The molecule has 16 heavy (non-hydrogen) atoms. The number of thioether (sulfide) groups is 1. The molecule has 0 amide bonds. The van der Waals surface area contributed by atoms with Crippen LogP contribution in [0.5, 0.6) is 0 Å². The van der Waals surface area contributed by atoms with Gasteiger partial charge < -0.3 is 20.3 Å². The highest BCUT2D eigenvalue weighted by molar-refractivity contribution is 8.00. The maximum atomic E-state index is 9.00. The zero-order chi connectivity index (χ0) is 11.4. The number of aliphatic hydroxyl groups excluding tert-OH is 1. The van der Waals surface area contributed by atoms with Crippen molar-refractivity contribution in [3.63, 3.8) is 0 Å². The minimum absolute atomic E-state index is 0.0187. The Bertz CT molecular complexity index is 298. The monoisotopic (exact) mass is 246 g/mol. The standard InChI is InChI=1S/C9H15N3O3S/c10-7-1-2-12(6-14-5-11-7)8-4-16-9(3-13)15-8/h1-2,8-9,13H,3-6H2,(H2,10,11)/p+1/t8-,9+/m0/s1. The Labute approximate surface area is 98.1 Å². The molecule has 1 saturated heterocycles. The highest BCUT2D eigenvalue weighted by Crippen LogP contribution is 2.24. The molecule has 0 spiro atoms. The predicted molar refractivity (Wildman–Crippen MR) is 62.8 cm³/mol. The van der Waals surface area contributed by atoms with Gasteiger partial charge in [-0.05, 0) is 6.08 Å². The molecule has 0 bridgehead atoms. The molecule has 6 nitrogen and oxygen atoms in total. The van der Waals surface area contributed by atoms with Gasteiger partial charge in [0.2, 0.25) is 11.7 Å². The van der Waals surface area contributed by atoms with Crippen LogP contribution in [0.4, 0.5) is 0 Å². The third-order valence-corrected chi connectivity index (χ3v) is 3.48. The summed E-state index contributed by atoms with van der Waals surface area (Å²) in [5.41, 5.74) is 5.58. The zero-order valence-electron chi connectivity index (χ0n) is 8.82. The van der Waals surface area contributed by atoms with E-state index < -0.39 is 0 Å². The first-order valence-electron chi connectivity index (χ1n) is 5.03. The van der Waals surface area contributed by atoms with Crippen LogP contribution >= 0.6 is 11.8 Å². The van der Waals surface area contributed by atoms with E-state index in [1.165, 1.54) is 0 Å². The topological polar surface area (TPSA) is 83.9 Å². The first-order chi connectivity index (χ1) is 7.79. The molecule has 90 valence electrons. The van der Waals surface area contributed by atoms with E-state index in [-0.39, 0.29) is 25.0 Å². The van der Waals surface area contributed by atoms with Crippen molar-refractivity contribution in [3.8, 4) is 0 Å². The van der Waals surface area contributed by atoms with Gasteiger partial charge in [-0.25, -0.2) is 4.99 Å². The highest BCUT2D eigenvalue weighted by Gasteiger charge is 2.34. The van der Waals surface area contributed by atoms with Crippen molar-refractivity contribution in [1.82, 2.24) is 4.90 Å². The molecule has 0 radical (unpaired) electrons. The van der Waals surface area contributed by atoms with Crippen molar-refractivity contribution in [1.29, 1.82) is 0 Å². The molecular formula is C9H16N3O3S+. The van der Waals surface area contributed by atoms with Gasteiger partial charge in [-0.2, -0.15) is 0 Å². The Morgan fingerprint density at radius 3 is 3.38 bits per heavy atom. The Morgan fingerprint density at radius 1 is 1.75 bits per heavy atom. The van der Waals surface area contributed by atoms with Gasteiger partial charge in [-0.15, -0.1) is 0 Å². The number of aliphatic hydroxyl groups is 3. The summed E-state index contributed by atoms with van der Waals surface area (Å²) in [6.07, 6.45) is 3.63. The average molecular weight is 246 g/mol. The molecule has 4 N–H and O–H groups in total. The van der Waals surface area contributed by atoms with Crippen LogP contribution < -0.4 is 5.73 Å². The van der Waals surface area contributed by atoms with Crippen molar-refractivity contribution in [2.24, 2.45) is 10.7 Å². The van der Waals surface area contributed by atoms with Crippen molar-refractivity contribution in [2.75, 3.05) is 25.8 Å². The Hall–Kier alpha value is -0.760. The fraction of sp³-hybridized carbons (Fsp3) is 0.667. The van der Waals surface area contributed by atoms with E-state index in [4.69, 9.17) is 15.6 Å². The highest BCUT2D eigenvalue weighted by atomic mass is 32.2. The largest absolute Gasteiger partial charge is 0.402 e. The first kappa shape index (κ1) is 11.7. The summed E-state index contributed by atoms with van der Waals surface area (Å²) in [6, 6.07) is 0. The third kappa shape index (κ3) is 2.88. The number of ether oxygens (including phenoxy) is 2. The second-order valence-electron chi connectivity index (χ2n) is 3.48. The first-order valence-corrected chi connectivity index (χ1v) is 6.08. The number of nitrogens with two attached hydrogens (primary N) is 1. The molecule has 1 fully saturated rings. The van der Waals surface area contributed by atoms with Crippen molar-refractivity contribution < 1.29 is 14.6 Å². The summed E-state index contributed by atoms with van der Waals surface area (Å²) in [5, 5.41) is 9.00. The van der Waals surface area contributed by atoms with Gasteiger partial charge in [0.15, 0.2) is 0 Å². The molecule has 0 unspecified atom stereocenters. The molecule has 7 heteroatoms. The summed E-state index contributed by atoms with van der Waals surface area (Å²) in [6.45, 7) is 0.805. The predicted octanol–water partition coefficient (Wildman–Crippen LogP) is -0.976. The summed E-state index contributed by atoms with van der Waals surface area (Å²) in [7, 11) is 0. The lowest BCUT2D eigenvalue weighted by Gasteiger charge is -2.23. The second-order valence-corrected chi connectivity index (χ2v) is 4.69. The van der Waals surface area contributed by atoms with Crippen LogP contribution in [-0.2, 0) is 4.74 Å². The van der Waals surface area contributed by atoms with Crippen LogP contribution in [0.15, 0.2) is 17.3 Å². The maximum absolute atomic E-state index is 9.00. The molecule has 0 aliphatic carbocycles. The lowest BCUT2D eigenvalue weighted by molar-refractivity contribution is -0.180. The number of amidine groups is 1. The van der Waals surface area contributed by atoms with Gasteiger partial charge in [0.25, 0.3) is 0 Å². The van der Waals surface area contributed by atoms with Crippen LogP contribution in [0, 0.1) is 0 Å².